The average Bonchev–Trinajstić information content (AvgIpc) is 2.99. The second-order valence-electron chi connectivity index (χ2n) is 11.4. The summed E-state index contributed by atoms with van der Waals surface area (Å²) in [4.78, 5) is 0. The van der Waals surface area contributed by atoms with Crippen LogP contribution in [0.3, 0.4) is 0 Å². The number of hydrogen-bond acceptors (Lipinski definition) is 2. The smallest absolute Gasteiger partial charge is 0.127 e. The van der Waals surface area contributed by atoms with E-state index < -0.39 is 0 Å². The minimum Gasteiger partial charge on any atom is -0.493 e. The Balaban J connectivity index is 1.60. The summed E-state index contributed by atoms with van der Waals surface area (Å²) in [5, 5.41) is 4.82. The van der Waals surface area contributed by atoms with Gasteiger partial charge >= 0.3 is 0 Å². The average molecular weight is 618 g/mol. The molecular formula is C38H49BrO2. The molecule has 0 amide bonds. The maximum Gasteiger partial charge on any atom is 0.127 e. The Kier molecular flexibility index (Phi) is 13.4. The van der Waals surface area contributed by atoms with E-state index in [0.29, 0.717) is 0 Å². The van der Waals surface area contributed by atoms with Crippen LogP contribution in [0, 0.1) is 0 Å². The molecule has 4 rings (SSSR count). The molecule has 0 fully saturated rings. The Bertz CT molecular complexity index is 1350. The fraction of sp³-hybridized carbons (Fsp3) is 0.474. The van der Waals surface area contributed by atoms with Crippen molar-refractivity contribution < 1.29 is 9.47 Å². The van der Waals surface area contributed by atoms with Gasteiger partial charge in [0.25, 0.3) is 0 Å². The van der Waals surface area contributed by atoms with E-state index in [-0.39, 0.29) is 0 Å². The lowest BCUT2D eigenvalue weighted by Gasteiger charge is -2.20. The zero-order chi connectivity index (χ0) is 28.7. The van der Waals surface area contributed by atoms with Gasteiger partial charge in [-0.15, -0.1) is 0 Å². The van der Waals surface area contributed by atoms with Crippen molar-refractivity contribution in [2.75, 3.05) is 13.2 Å². The van der Waals surface area contributed by atoms with E-state index in [2.05, 4.69) is 96.5 Å². The highest BCUT2D eigenvalue weighted by molar-refractivity contribution is 9.10. The first-order valence-corrected chi connectivity index (χ1v) is 17.0. The molecule has 0 aliphatic carbocycles. The van der Waals surface area contributed by atoms with Crippen LogP contribution in [0.2, 0.25) is 0 Å². The van der Waals surface area contributed by atoms with Gasteiger partial charge in [-0.25, -0.2) is 0 Å². The second kappa shape index (κ2) is 17.4. The van der Waals surface area contributed by atoms with Crippen LogP contribution in [0.1, 0.15) is 104 Å². The lowest BCUT2D eigenvalue weighted by molar-refractivity contribution is 0.301. The van der Waals surface area contributed by atoms with Crippen LogP contribution in [-0.4, -0.2) is 13.2 Å². The summed E-state index contributed by atoms with van der Waals surface area (Å²) in [6.45, 7) is 6.02. The second-order valence-corrected chi connectivity index (χ2v) is 12.3. The molecule has 41 heavy (non-hydrogen) atoms. The molecule has 0 spiro atoms. The van der Waals surface area contributed by atoms with Crippen molar-refractivity contribution in [3.63, 3.8) is 0 Å². The molecule has 3 heteroatoms. The van der Waals surface area contributed by atoms with E-state index in [1.807, 2.05) is 0 Å². The minimum absolute atomic E-state index is 0.738. The van der Waals surface area contributed by atoms with Crippen LogP contribution in [0.4, 0.5) is 0 Å². The number of fused-ring (bicyclic) bond motifs is 2. The first-order chi connectivity index (χ1) is 20.2. The van der Waals surface area contributed by atoms with E-state index in [1.54, 1.807) is 0 Å². The topological polar surface area (TPSA) is 18.5 Å². The van der Waals surface area contributed by atoms with Gasteiger partial charge in [0.1, 0.15) is 11.5 Å². The Morgan fingerprint density at radius 1 is 0.488 bits per heavy atom. The molecule has 0 aromatic heterocycles. The van der Waals surface area contributed by atoms with Gasteiger partial charge in [-0.05, 0) is 58.7 Å². The third-order valence-corrected chi connectivity index (χ3v) is 8.59. The molecule has 4 aromatic carbocycles. The van der Waals surface area contributed by atoms with E-state index in [4.69, 9.17) is 9.47 Å². The fourth-order valence-corrected chi connectivity index (χ4v) is 6.15. The molecule has 0 aliphatic heterocycles. The molecule has 2 nitrogen and oxygen atoms in total. The van der Waals surface area contributed by atoms with Crippen molar-refractivity contribution in [1.29, 1.82) is 0 Å². The van der Waals surface area contributed by atoms with Crippen LogP contribution in [0.15, 0.2) is 71.2 Å². The third-order valence-electron chi connectivity index (χ3n) is 8.10. The summed E-state index contributed by atoms with van der Waals surface area (Å²) < 4.78 is 14.2. The molecule has 0 aliphatic rings. The molecule has 4 aromatic rings. The van der Waals surface area contributed by atoms with Crippen molar-refractivity contribution >= 4 is 37.5 Å². The minimum atomic E-state index is 0.738. The molecular weight excluding hydrogens is 568 g/mol. The molecule has 220 valence electrons. The molecule has 0 saturated heterocycles. The van der Waals surface area contributed by atoms with Gasteiger partial charge in [-0.2, -0.15) is 0 Å². The number of unbranched alkanes of at least 4 members (excludes halogenated alkanes) is 12. The van der Waals surface area contributed by atoms with E-state index in [9.17, 15) is 0 Å². The van der Waals surface area contributed by atoms with Gasteiger partial charge in [0.05, 0.1) is 13.2 Å². The van der Waals surface area contributed by atoms with Gasteiger partial charge in [-0.1, -0.05) is 149 Å². The fourth-order valence-electron chi connectivity index (χ4n) is 5.77. The Labute approximate surface area is 257 Å². The summed E-state index contributed by atoms with van der Waals surface area (Å²) in [7, 11) is 0. The Hall–Kier alpha value is -2.52. The number of rotatable bonds is 19. The predicted molar refractivity (Wildman–Crippen MR) is 182 cm³/mol. The number of benzene rings is 4. The quantitative estimate of drug-likeness (QED) is 0.0975. The summed E-state index contributed by atoms with van der Waals surface area (Å²) in [5.41, 5.74) is 2.29. The van der Waals surface area contributed by atoms with Crippen LogP contribution in [0.5, 0.6) is 11.5 Å². The lowest BCUT2D eigenvalue weighted by Crippen LogP contribution is -2.02. The van der Waals surface area contributed by atoms with Crippen molar-refractivity contribution in [2.45, 2.75) is 104 Å². The zero-order valence-corrected chi connectivity index (χ0v) is 26.9. The molecule has 0 saturated carbocycles. The van der Waals surface area contributed by atoms with E-state index >= 15 is 0 Å². The normalized spacial score (nSPS) is 11.4. The summed E-state index contributed by atoms with van der Waals surface area (Å²) >= 11 is 3.68. The number of halogens is 1. The molecule has 0 N–H and O–H groups in total. The lowest BCUT2D eigenvalue weighted by atomic mass is 9.92. The largest absolute Gasteiger partial charge is 0.493 e. The van der Waals surface area contributed by atoms with Gasteiger partial charge in [0.15, 0.2) is 0 Å². The van der Waals surface area contributed by atoms with Crippen molar-refractivity contribution in [3.05, 3.63) is 71.2 Å². The van der Waals surface area contributed by atoms with Crippen LogP contribution < -0.4 is 9.47 Å². The highest BCUT2D eigenvalue weighted by atomic mass is 79.9. The van der Waals surface area contributed by atoms with Crippen LogP contribution in [0.25, 0.3) is 32.7 Å². The maximum atomic E-state index is 6.58. The Morgan fingerprint density at radius 3 is 1.56 bits per heavy atom. The number of ether oxygens (including phenoxy) is 2. The van der Waals surface area contributed by atoms with Gasteiger partial charge in [0, 0.05) is 15.6 Å². The molecule has 0 heterocycles. The van der Waals surface area contributed by atoms with E-state index in [0.717, 1.165) is 53.2 Å². The van der Waals surface area contributed by atoms with Gasteiger partial charge in [-0.3, -0.25) is 0 Å². The molecule has 0 unspecified atom stereocenters. The van der Waals surface area contributed by atoms with Crippen molar-refractivity contribution in [3.8, 4) is 22.6 Å². The first-order valence-electron chi connectivity index (χ1n) is 16.2. The summed E-state index contributed by atoms with van der Waals surface area (Å²) in [6, 6.07) is 23.9. The van der Waals surface area contributed by atoms with Gasteiger partial charge in [0.2, 0.25) is 0 Å². The monoisotopic (exact) mass is 616 g/mol. The van der Waals surface area contributed by atoms with Crippen LogP contribution >= 0.6 is 15.9 Å². The highest BCUT2D eigenvalue weighted by Gasteiger charge is 2.19. The SMILES string of the molecule is CCCCCCCCCOc1ccc2ccccc2c1-c1c(OCCCCCCCCC)ccc2cc(Br)ccc12. The molecule has 0 bridgehead atoms. The highest BCUT2D eigenvalue weighted by Crippen LogP contribution is 2.46. The van der Waals surface area contributed by atoms with E-state index in [1.165, 1.54) is 98.6 Å². The van der Waals surface area contributed by atoms with Crippen molar-refractivity contribution in [1.82, 2.24) is 0 Å². The predicted octanol–water partition coefficient (Wildman–Crippen LogP) is 12.7. The van der Waals surface area contributed by atoms with Gasteiger partial charge < -0.3 is 9.47 Å². The Morgan fingerprint density at radius 2 is 0.976 bits per heavy atom. The van der Waals surface area contributed by atoms with Crippen LogP contribution in [-0.2, 0) is 0 Å². The summed E-state index contributed by atoms with van der Waals surface area (Å²) in [5.74, 6) is 1.90. The maximum absolute atomic E-state index is 6.58. The standard InChI is InChI=1S/C38H49BrO2/c1-3-5-7-9-11-13-17-27-40-35-25-21-30-19-15-16-20-33(30)37(35)38-34-24-23-32(39)29-31(34)22-26-36(38)41-28-18-14-12-10-8-6-4-2/h15-16,19-26,29H,3-14,17-18,27-28H2,1-2H3. The summed E-state index contributed by atoms with van der Waals surface area (Å²) in [6.07, 6.45) is 17.9. The number of hydrogen-bond donors (Lipinski definition) is 0. The molecule has 0 radical (unpaired) electrons. The first kappa shape index (κ1) is 31.4. The van der Waals surface area contributed by atoms with Crippen molar-refractivity contribution in [2.24, 2.45) is 0 Å². The third kappa shape index (κ3) is 9.23. The molecule has 0 atom stereocenters. The zero-order valence-electron chi connectivity index (χ0n) is 25.4.